The Kier molecular flexibility index (Phi) is 7.23. The van der Waals surface area contributed by atoms with Crippen molar-refractivity contribution in [2.45, 2.75) is 9.79 Å². The van der Waals surface area contributed by atoms with Gasteiger partial charge in [-0.05, 0) is 28.6 Å². The third-order valence-corrected chi connectivity index (χ3v) is 6.29. The largest absolute Gasteiger partial charge is 1.00 e. The Hall–Kier alpha value is -1.09. The molecule has 1 unspecified atom stereocenters. The van der Waals surface area contributed by atoms with E-state index >= 15 is 0 Å². The monoisotopic (exact) mass is 446 g/mol. The van der Waals surface area contributed by atoms with Crippen LogP contribution in [0.4, 0.5) is 0 Å². The molecule has 6 nitrogen and oxygen atoms in total. The van der Waals surface area contributed by atoms with E-state index in [1.165, 1.54) is 36.4 Å². The van der Waals surface area contributed by atoms with Gasteiger partial charge in [-0.3, -0.25) is 9.11 Å². The van der Waals surface area contributed by atoms with Gasteiger partial charge in [-0.15, -0.1) is 9.24 Å². The van der Waals surface area contributed by atoms with Gasteiger partial charge >= 0.3 is 29.6 Å². The van der Waals surface area contributed by atoms with E-state index in [2.05, 4.69) is 9.24 Å². The molecule has 0 heterocycles. The van der Waals surface area contributed by atoms with E-state index in [0.717, 1.165) is 0 Å². The average molecular weight is 446 g/mol. The first-order chi connectivity index (χ1) is 12.6. The minimum Gasteiger partial charge on any atom is -1.00 e. The molecular formula is C18H16NaO6PS2. The topological polar surface area (TPSA) is 109 Å². The zero-order valence-electron chi connectivity index (χ0n) is 15.8. The predicted molar refractivity (Wildman–Crippen MR) is 107 cm³/mol. The molecule has 0 aliphatic carbocycles. The summed E-state index contributed by atoms with van der Waals surface area (Å²) in [7, 11) is -6.55. The van der Waals surface area contributed by atoms with Crippen LogP contribution in [0.2, 0.25) is 0 Å². The smallest absolute Gasteiger partial charge is 1.00 e. The van der Waals surface area contributed by atoms with Crippen LogP contribution in [-0.2, 0) is 20.2 Å². The van der Waals surface area contributed by atoms with Gasteiger partial charge in [-0.25, -0.2) is 0 Å². The summed E-state index contributed by atoms with van der Waals surface area (Å²) in [5.74, 6) is 0. The summed E-state index contributed by atoms with van der Waals surface area (Å²) >= 11 is 0. The van der Waals surface area contributed by atoms with E-state index in [4.69, 9.17) is 0 Å². The fourth-order valence-corrected chi connectivity index (χ4v) is 4.73. The van der Waals surface area contributed by atoms with E-state index in [1.54, 1.807) is 30.3 Å². The second-order valence-electron chi connectivity index (χ2n) is 5.71. The van der Waals surface area contributed by atoms with Crippen molar-refractivity contribution in [1.29, 1.82) is 0 Å². The summed E-state index contributed by atoms with van der Waals surface area (Å²) in [4.78, 5) is -0.600. The Morgan fingerprint density at radius 3 is 1.61 bits per heavy atom. The van der Waals surface area contributed by atoms with E-state index in [0.29, 0.717) is 16.4 Å². The first-order valence-electron chi connectivity index (χ1n) is 7.63. The van der Waals surface area contributed by atoms with Crippen LogP contribution in [0, 0.1) is 0 Å². The maximum absolute atomic E-state index is 11.8. The summed E-state index contributed by atoms with van der Waals surface area (Å²) in [5, 5.41) is 0.591. The Balaban J connectivity index is 0.00000210. The number of rotatable bonds is 4. The van der Waals surface area contributed by atoms with Crippen LogP contribution in [0.15, 0.2) is 76.5 Å². The summed E-state index contributed by atoms with van der Waals surface area (Å²) in [6.07, 6.45) is 0. The van der Waals surface area contributed by atoms with Gasteiger partial charge in [-0.2, -0.15) is 16.8 Å². The van der Waals surface area contributed by atoms with Gasteiger partial charge in [0.1, 0.15) is 9.79 Å². The zero-order valence-corrected chi connectivity index (χ0v) is 19.6. The fraction of sp³-hybridized carbons (Fsp3) is 0. The molecule has 2 N–H and O–H groups in total. The van der Waals surface area contributed by atoms with Gasteiger partial charge in [0.05, 0.1) is 0 Å². The molecule has 28 heavy (non-hydrogen) atoms. The molecule has 0 radical (unpaired) electrons. The Labute approximate surface area is 189 Å². The van der Waals surface area contributed by atoms with Gasteiger partial charge in [0.15, 0.2) is 0 Å². The van der Waals surface area contributed by atoms with Crippen molar-refractivity contribution in [2.75, 3.05) is 0 Å². The van der Waals surface area contributed by atoms with Crippen LogP contribution < -0.4 is 34.9 Å². The van der Waals surface area contributed by atoms with E-state index in [1.807, 2.05) is 0 Å². The van der Waals surface area contributed by atoms with Crippen molar-refractivity contribution in [3.05, 3.63) is 66.7 Å². The molecule has 0 amide bonds. The van der Waals surface area contributed by atoms with Crippen LogP contribution in [-0.4, -0.2) is 25.9 Å². The summed E-state index contributed by atoms with van der Waals surface area (Å²) in [6.45, 7) is 0. The third-order valence-electron chi connectivity index (χ3n) is 3.99. The molecule has 0 spiro atoms. The van der Waals surface area contributed by atoms with Crippen LogP contribution in [0.25, 0.3) is 22.3 Å². The average Bonchev–Trinajstić information content (AvgIpc) is 2.60. The Morgan fingerprint density at radius 1 is 0.643 bits per heavy atom. The number of hydrogen-bond acceptors (Lipinski definition) is 4. The van der Waals surface area contributed by atoms with Crippen molar-refractivity contribution in [2.24, 2.45) is 0 Å². The molecule has 0 fully saturated rings. The van der Waals surface area contributed by atoms with Crippen molar-refractivity contribution in [3.8, 4) is 22.3 Å². The van der Waals surface area contributed by atoms with Crippen LogP contribution in [0.5, 0.6) is 0 Å². The quantitative estimate of drug-likeness (QED) is 0.335. The third kappa shape index (κ3) is 4.72. The van der Waals surface area contributed by atoms with Gasteiger partial charge in [0.2, 0.25) is 0 Å². The van der Waals surface area contributed by atoms with E-state index in [9.17, 15) is 25.9 Å². The molecule has 142 valence electrons. The van der Waals surface area contributed by atoms with Crippen molar-refractivity contribution in [1.82, 2.24) is 0 Å². The van der Waals surface area contributed by atoms with Gasteiger partial charge in [0.25, 0.3) is 20.2 Å². The van der Waals surface area contributed by atoms with Crippen LogP contribution in [0.3, 0.4) is 0 Å². The SMILES string of the molecule is O=S(=O)(O)c1ccccc1-c1cccc(P)c1-c1ccccc1S(=O)(=O)O.[H-].[Na+]. The molecule has 0 aliphatic heterocycles. The Morgan fingerprint density at radius 2 is 1.07 bits per heavy atom. The molecule has 0 bridgehead atoms. The summed E-state index contributed by atoms with van der Waals surface area (Å²) in [6, 6.07) is 16.7. The summed E-state index contributed by atoms with van der Waals surface area (Å²) < 4.78 is 66.4. The second-order valence-corrected chi connectivity index (χ2v) is 9.11. The van der Waals surface area contributed by atoms with E-state index in [-0.39, 0.29) is 51.9 Å². The zero-order chi connectivity index (χ0) is 19.8. The molecule has 3 rings (SSSR count). The minimum atomic E-state index is -4.51. The summed E-state index contributed by atoms with van der Waals surface area (Å²) in [5.41, 5.74) is 1.23. The number of benzene rings is 3. The van der Waals surface area contributed by atoms with Crippen LogP contribution in [0.1, 0.15) is 1.43 Å². The molecule has 0 saturated carbocycles. The first-order valence-corrected chi connectivity index (χ1v) is 11.1. The van der Waals surface area contributed by atoms with Crippen molar-refractivity contribution in [3.63, 3.8) is 0 Å². The fourth-order valence-electron chi connectivity index (χ4n) is 2.91. The molecule has 0 aliphatic rings. The number of hydrogen-bond donors (Lipinski definition) is 2. The minimum absolute atomic E-state index is 0. The van der Waals surface area contributed by atoms with Crippen molar-refractivity contribution >= 4 is 34.8 Å². The molecule has 0 aromatic heterocycles. The maximum Gasteiger partial charge on any atom is 1.00 e. The standard InChI is InChI=1S/C18H15O6PS2.Na.H/c19-26(20,21)16-10-3-1-6-12(16)13-8-5-9-15(25)18(13)14-7-2-4-11-17(14)27(22,23)24;;/h1-11H,25H2,(H,19,20,21)(H,22,23,24);;/q;+1;-1. The van der Waals surface area contributed by atoms with Crippen LogP contribution >= 0.6 is 9.24 Å². The predicted octanol–water partition coefficient (Wildman–Crippen LogP) is 0.131. The molecule has 1 atom stereocenters. The molecule has 0 saturated heterocycles. The molecule has 10 heteroatoms. The van der Waals surface area contributed by atoms with Crippen molar-refractivity contribution < 1.29 is 56.9 Å². The molecule has 3 aromatic carbocycles. The van der Waals surface area contributed by atoms with Gasteiger partial charge < -0.3 is 1.43 Å². The second kappa shape index (κ2) is 8.73. The van der Waals surface area contributed by atoms with Gasteiger partial charge in [0, 0.05) is 11.1 Å². The Bertz CT molecular complexity index is 1250. The molecular weight excluding hydrogens is 430 g/mol. The van der Waals surface area contributed by atoms with E-state index < -0.39 is 20.2 Å². The first kappa shape index (κ1) is 23.2. The normalized spacial score (nSPS) is 11.7. The van der Waals surface area contributed by atoms with Gasteiger partial charge in [-0.1, -0.05) is 54.6 Å². The molecule has 3 aromatic rings. The maximum atomic E-state index is 11.8.